The van der Waals surface area contributed by atoms with Gasteiger partial charge in [-0.15, -0.1) is 0 Å². The van der Waals surface area contributed by atoms with Gasteiger partial charge < -0.3 is 11.1 Å². The molecule has 0 bridgehead atoms. The van der Waals surface area contributed by atoms with Crippen LogP contribution in [0.3, 0.4) is 0 Å². The minimum atomic E-state index is 0.540. The molecule has 0 unspecified atom stereocenters. The summed E-state index contributed by atoms with van der Waals surface area (Å²) in [6, 6.07) is 6.30. The predicted molar refractivity (Wildman–Crippen MR) is 74.4 cm³/mol. The minimum absolute atomic E-state index is 0.540. The van der Waals surface area contributed by atoms with Gasteiger partial charge in [0.25, 0.3) is 0 Å². The van der Waals surface area contributed by atoms with Crippen molar-refractivity contribution in [3.63, 3.8) is 0 Å². The van der Waals surface area contributed by atoms with Crippen LogP contribution in [0.5, 0.6) is 0 Å². The van der Waals surface area contributed by atoms with Gasteiger partial charge in [-0.1, -0.05) is 19.3 Å². The van der Waals surface area contributed by atoms with Crippen LogP contribution in [-0.2, 0) is 0 Å². The monoisotopic (exact) mass is 242 g/mol. The molecule has 1 heterocycles. The largest absolute Gasteiger partial charge is 0.399 e. The lowest BCUT2D eigenvalue weighted by Crippen LogP contribution is -2.23. The van der Waals surface area contributed by atoms with Gasteiger partial charge >= 0.3 is 0 Å². The number of hydrogen-bond donors (Lipinski definition) is 2. The molecule has 1 aliphatic rings. The van der Waals surface area contributed by atoms with E-state index in [1.807, 2.05) is 18.2 Å². The Kier molecular flexibility index (Phi) is 3.00. The third-order valence-electron chi connectivity index (χ3n) is 3.61. The van der Waals surface area contributed by atoms with E-state index in [1.54, 1.807) is 6.33 Å². The van der Waals surface area contributed by atoms with Crippen molar-refractivity contribution in [2.24, 2.45) is 0 Å². The second-order valence-electron chi connectivity index (χ2n) is 4.98. The third-order valence-corrected chi connectivity index (χ3v) is 3.61. The second kappa shape index (κ2) is 4.80. The van der Waals surface area contributed by atoms with Crippen molar-refractivity contribution in [1.29, 1.82) is 0 Å². The van der Waals surface area contributed by atoms with Crippen LogP contribution in [0.2, 0.25) is 0 Å². The Hall–Kier alpha value is -1.84. The van der Waals surface area contributed by atoms with Gasteiger partial charge in [0.05, 0.1) is 5.52 Å². The fourth-order valence-corrected chi connectivity index (χ4v) is 2.63. The molecule has 0 spiro atoms. The van der Waals surface area contributed by atoms with E-state index in [1.165, 1.54) is 32.1 Å². The number of nitrogens with one attached hydrogen (secondary N) is 1. The topological polar surface area (TPSA) is 63.8 Å². The van der Waals surface area contributed by atoms with E-state index in [2.05, 4.69) is 15.3 Å². The summed E-state index contributed by atoms with van der Waals surface area (Å²) in [5.74, 6) is 0.916. The Morgan fingerprint density at radius 2 is 1.94 bits per heavy atom. The molecule has 0 radical (unpaired) electrons. The minimum Gasteiger partial charge on any atom is -0.399 e. The first-order valence-corrected chi connectivity index (χ1v) is 6.60. The van der Waals surface area contributed by atoms with Gasteiger partial charge in [-0.25, -0.2) is 9.97 Å². The van der Waals surface area contributed by atoms with Crippen LogP contribution in [0.25, 0.3) is 10.9 Å². The molecule has 1 fully saturated rings. The number of fused-ring (bicyclic) bond motifs is 1. The zero-order valence-corrected chi connectivity index (χ0v) is 10.4. The highest BCUT2D eigenvalue weighted by Gasteiger charge is 2.14. The first-order chi connectivity index (χ1) is 8.83. The highest BCUT2D eigenvalue weighted by atomic mass is 15.0. The Morgan fingerprint density at radius 1 is 1.11 bits per heavy atom. The number of benzene rings is 1. The number of anilines is 2. The van der Waals surface area contributed by atoms with Crippen molar-refractivity contribution < 1.29 is 0 Å². The maximum Gasteiger partial charge on any atom is 0.137 e. The van der Waals surface area contributed by atoms with Crippen molar-refractivity contribution >= 4 is 22.4 Å². The van der Waals surface area contributed by atoms with Crippen LogP contribution in [-0.4, -0.2) is 16.0 Å². The van der Waals surface area contributed by atoms with Crippen molar-refractivity contribution in [2.75, 3.05) is 11.1 Å². The maximum atomic E-state index is 5.84. The molecule has 1 aromatic carbocycles. The molecule has 18 heavy (non-hydrogen) atoms. The van der Waals surface area contributed by atoms with E-state index in [0.29, 0.717) is 6.04 Å². The zero-order chi connectivity index (χ0) is 12.4. The normalized spacial score (nSPS) is 16.9. The summed E-state index contributed by atoms with van der Waals surface area (Å²) in [6.07, 6.45) is 8.05. The summed E-state index contributed by atoms with van der Waals surface area (Å²) in [4.78, 5) is 8.63. The Morgan fingerprint density at radius 3 is 2.78 bits per heavy atom. The lowest BCUT2D eigenvalue weighted by molar-refractivity contribution is 0.462. The predicted octanol–water partition coefficient (Wildman–Crippen LogP) is 2.96. The molecule has 2 aromatic rings. The lowest BCUT2D eigenvalue weighted by Gasteiger charge is -2.23. The Bertz CT molecular complexity index is 546. The maximum absolute atomic E-state index is 5.84. The van der Waals surface area contributed by atoms with E-state index in [9.17, 15) is 0 Å². The first kappa shape index (κ1) is 11.3. The highest BCUT2D eigenvalue weighted by Crippen LogP contribution is 2.25. The molecule has 0 amide bonds. The SMILES string of the molecule is Nc1ccc2ncnc(NC3CCCCC3)c2c1. The van der Waals surface area contributed by atoms with Crippen LogP contribution in [0.4, 0.5) is 11.5 Å². The van der Waals surface area contributed by atoms with Crippen LogP contribution < -0.4 is 11.1 Å². The van der Waals surface area contributed by atoms with E-state index < -0.39 is 0 Å². The molecule has 3 rings (SSSR count). The van der Waals surface area contributed by atoms with Crippen LogP contribution in [0.1, 0.15) is 32.1 Å². The van der Waals surface area contributed by atoms with Gasteiger partial charge in [-0.2, -0.15) is 0 Å². The van der Waals surface area contributed by atoms with Crippen molar-refractivity contribution in [2.45, 2.75) is 38.1 Å². The van der Waals surface area contributed by atoms with E-state index in [0.717, 1.165) is 22.4 Å². The summed E-state index contributed by atoms with van der Waals surface area (Å²) in [6.45, 7) is 0. The molecule has 1 aromatic heterocycles. The molecule has 4 nitrogen and oxygen atoms in total. The van der Waals surface area contributed by atoms with Crippen LogP contribution in [0, 0.1) is 0 Å². The summed E-state index contributed by atoms with van der Waals surface area (Å²) in [5.41, 5.74) is 7.54. The average molecular weight is 242 g/mol. The number of nitrogens with two attached hydrogens (primary N) is 1. The first-order valence-electron chi connectivity index (χ1n) is 6.60. The fourth-order valence-electron chi connectivity index (χ4n) is 2.63. The molecule has 0 saturated heterocycles. The molecular formula is C14H18N4. The van der Waals surface area contributed by atoms with E-state index in [-0.39, 0.29) is 0 Å². The van der Waals surface area contributed by atoms with Crippen molar-refractivity contribution in [3.8, 4) is 0 Å². The number of nitrogens with zero attached hydrogens (tertiary/aromatic N) is 2. The Balaban J connectivity index is 1.92. The quantitative estimate of drug-likeness (QED) is 0.795. The summed E-state index contributed by atoms with van der Waals surface area (Å²) >= 11 is 0. The molecule has 1 saturated carbocycles. The van der Waals surface area contributed by atoms with E-state index >= 15 is 0 Å². The van der Waals surface area contributed by atoms with Gasteiger partial charge in [0, 0.05) is 17.1 Å². The van der Waals surface area contributed by atoms with E-state index in [4.69, 9.17) is 5.73 Å². The lowest BCUT2D eigenvalue weighted by atomic mass is 9.95. The smallest absolute Gasteiger partial charge is 0.137 e. The number of aromatic nitrogens is 2. The molecule has 0 aliphatic heterocycles. The number of nitrogen functional groups attached to an aromatic ring is 1. The van der Waals surface area contributed by atoms with Gasteiger partial charge in [0.15, 0.2) is 0 Å². The fraction of sp³-hybridized carbons (Fsp3) is 0.429. The third kappa shape index (κ3) is 2.23. The summed E-state index contributed by atoms with van der Waals surface area (Å²) in [5, 5.41) is 4.56. The number of rotatable bonds is 2. The zero-order valence-electron chi connectivity index (χ0n) is 10.4. The van der Waals surface area contributed by atoms with Crippen molar-refractivity contribution in [1.82, 2.24) is 9.97 Å². The highest BCUT2D eigenvalue weighted by molar-refractivity contribution is 5.91. The van der Waals surface area contributed by atoms with Gasteiger partial charge in [-0.05, 0) is 31.0 Å². The molecule has 0 atom stereocenters. The van der Waals surface area contributed by atoms with Crippen LogP contribution in [0.15, 0.2) is 24.5 Å². The van der Waals surface area contributed by atoms with Gasteiger partial charge in [0.2, 0.25) is 0 Å². The molecule has 4 heteroatoms. The second-order valence-corrected chi connectivity index (χ2v) is 4.98. The van der Waals surface area contributed by atoms with Crippen molar-refractivity contribution in [3.05, 3.63) is 24.5 Å². The Labute approximate surface area is 107 Å². The molecular weight excluding hydrogens is 224 g/mol. The summed E-state index contributed by atoms with van der Waals surface area (Å²) in [7, 11) is 0. The summed E-state index contributed by atoms with van der Waals surface area (Å²) < 4.78 is 0. The molecule has 3 N–H and O–H groups in total. The molecule has 1 aliphatic carbocycles. The van der Waals surface area contributed by atoms with Gasteiger partial charge in [0.1, 0.15) is 12.1 Å². The van der Waals surface area contributed by atoms with Crippen LogP contribution >= 0.6 is 0 Å². The molecule has 94 valence electrons. The average Bonchev–Trinajstić information content (AvgIpc) is 2.41. The number of hydrogen-bond acceptors (Lipinski definition) is 4. The standard InChI is InChI=1S/C14H18N4/c15-10-6-7-13-12(8-10)14(17-9-16-13)18-11-4-2-1-3-5-11/h6-9,11H,1-5,15H2,(H,16,17,18). The van der Waals surface area contributed by atoms with Gasteiger partial charge in [-0.3, -0.25) is 0 Å².